The highest BCUT2D eigenvalue weighted by Gasteiger charge is 2.28. The van der Waals surface area contributed by atoms with Crippen molar-refractivity contribution < 1.29 is 24.2 Å². The third-order valence-corrected chi connectivity index (χ3v) is 5.23. The topological polar surface area (TPSA) is 118 Å². The number of nitrogens with one attached hydrogen (secondary N) is 2. The van der Waals surface area contributed by atoms with Crippen molar-refractivity contribution in [2.75, 3.05) is 5.32 Å². The smallest absolute Gasteiger partial charge is 0.347 e. The Morgan fingerprint density at radius 3 is 2.81 bits per heavy atom. The molecule has 0 spiro atoms. The number of para-hydroxylation sites is 1. The second kappa shape index (κ2) is 6.75. The van der Waals surface area contributed by atoms with Crippen molar-refractivity contribution in [3.05, 3.63) is 39.3 Å². The van der Waals surface area contributed by atoms with Gasteiger partial charge in [0.05, 0.1) is 23.0 Å². The molecule has 26 heavy (non-hydrogen) atoms. The molecule has 8 nitrogen and oxygen atoms in total. The summed E-state index contributed by atoms with van der Waals surface area (Å²) in [6, 6.07) is 4.42. The number of anilines is 1. The van der Waals surface area contributed by atoms with Crippen LogP contribution in [0.4, 0.5) is 5.69 Å². The largest absolute Gasteiger partial charge is 0.478 e. The molecule has 136 valence electrons. The van der Waals surface area contributed by atoms with Gasteiger partial charge in [-0.3, -0.25) is 9.59 Å². The van der Waals surface area contributed by atoms with Crippen molar-refractivity contribution in [2.45, 2.75) is 32.9 Å². The molecule has 0 bridgehead atoms. The lowest BCUT2D eigenvalue weighted by Crippen LogP contribution is -2.36. The van der Waals surface area contributed by atoms with Crippen LogP contribution in [0.25, 0.3) is 0 Å². The average molecular weight is 375 g/mol. The molecule has 3 N–H and O–H groups in total. The van der Waals surface area contributed by atoms with Crippen LogP contribution in [-0.4, -0.2) is 34.0 Å². The van der Waals surface area contributed by atoms with E-state index in [1.165, 1.54) is 0 Å². The molecule has 0 fully saturated rings. The number of carboxylic acid groups (broad SMARTS) is 1. The molecule has 2 atom stereocenters. The van der Waals surface area contributed by atoms with Gasteiger partial charge in [0.15, 0.2) is 11.9 Å². The monoisotopic (exact) mass is 375 g/mol. The second-order valence-corrected chi connectivity index (χ2v) is 6.93. The van der Waals surface area contributed by atoms with Gasteiger partial charge in [0.2, 0.25) is 0 Å². The van der Waals surface area contributed by atoms with Crippen LogP contribution in [0.2, 0.25) is 0 Å². The fourth-order valence-electron chi connectivity index (χ4n) is 2.54. The minimum Gasteiger partial charge on any atom is -0.478 e. The first-order chi connectivity index (χ1) is 12.3. The van der Waals surface area contributed by atoms with E-state index in [-0.39, 0.29) is 16.3 Å². The molecule has 0 radical (unpaired) electrons. The number of carboxylic acids is 1. The number of fused-ring (bicyclic) bond motifs is 1. The average Bonchev–Trinajstić information content (AvgIpc) is 2.97. The summed E-state index contributed by atoms with van der Waals surface area (Å²) in [5.74, 6) is -1.41. The summed E-state index contributed by atoms with van der Waals surface area (Å²) >= 11 is 1.03. The lowest BCUT2D eigenvalue weighted by atomic mass is 10.1. The predicted molar refractivity (Wildman–Crippen MR) is 94.9 cm³/mol. The van der Waals surface area contributed by atoms with E-state index < -0.39 is 24.0 Å². The molecule has 2 heterocycles. The number of benzene rings is 1. The molecule has 1 aromatic heterocycles. The number of aryl methyl sites for hydroxylation is 1. The third-order valence-electron chi connectivity index (χ3n) is 3.91. The van der Waals surface area contributed by atoms with Crippen LogP contribution in [0.3, 0.4) is 0 Å². The van der Waals surface area contributed by atoms with E-state index in [1.54, 1.807) is 39.0 Å². The highest BCUT2D eigenvalue weighted by Crippen LogP contribution is 2.33. The molecule has 0 saturated heterocycles. The number of rotatable bonds is 4. The number of thiazole rings is 1. The lowest BCUT2D eigenvalue weighted by molar-refractivity contribution is -0.122. The van der Waals surface area contributed by atoms with Crippen LogP contribution in [0.1, 0.15) is 50.6 Å². The lowest BCUT2D eigenvalue weighted by Gasteiger charge is -2.25. The molecule has 1 aliphatic heterocycles. The number of aromatic carboxylic acids is 1. The first kappa shape index (κ1) is 17.9. The van der Waals surface area contributed by atoms with Crippen molar-refractivity contribution in [3.63, 3.8) is 0 Å². The number of amides is 2. The third kappa shape index (κ3) is 3.25. The fraction of sp³-hybridized carbons (Fsp3) is 0.294. The van der Waals surface area contributed by atoms with Gasteiger partial charge in [0.1, 0.15) is 9.88 Å². The number of nitrogens with zero attached hydrogens (tertiary/aromatic N) is 1. The molecule has 3 rings (SSSR count). The summed E-state index contributed by atoms with van der Waals surface area (Å²) < 4.78 is 5.57. The number of carbonyl (C=O) groups excluding carboxylic acids is 2. The zero-order chi connectivity index (χ0) is 19.0. The Morgan fingerprint density at radius 1 is 1.42 bits per heavy atom. The van der Waals surface area contributed by atoms with Gasteiger partial charge in [-0.25, -0.2) is 9.78 Å². The van der Waals surface area contributed by atoms with Gasteiger partial charge in [0, 0.05) is 0 Å². The van der Waals surface area contributed by atoms with Crippen LogP contribution in [0, 0.1) is 6.92 Å². The molecule has 0 saturated carbocycles. The van der Waals surface area contributed by atoms with E-state index in [2.05, 4.69) is 15.6 Å². The van der Waals surface area contributed by atoms with Crippen LogP contribution in [0.5, 0.6) is 5.75 Å². The van der Waals surface area contributed by atoms with Crippen molar-refractivity contribution in [1.82, 2.24) is 10.3 Å². The van der Waals surface area contributed by atoms with Gasteiger partial charge in [-0.1, -0.05) is 6.07 Å². The Bertz CT molecular complexity index is 908. The number of hydrogen-bond acceptors (Lipinski definition) is 6. The standard InChI is InChI=1S/C17H17N3O5S/c1-7-13(17(23)24)26-16(19-7)8(2)18-15(22)10-5-4-6-11-12(10)25-9(3)14(21)20-11/h4-6,8-9H,1-3H3,(H,18,22)(H,20,21)(H,23,24). The van der Waals surface area contributed by atoms with Crippen molar-refractivity contribution >= 4 is 34.8 Å². The summed E-state index contributed by atoms with van der Waals surface area (Å²) in [7, 11) is 0. The van der Waals surface area contributed by atoms with Crippen molar-refractivity contribution in [2.24, 2.45) is 0 Å². The van der Waals surface area contributed by atoms with E-state index in [4.69, 9.17) is 9.84 Å². The van der Waals surface area contributed by atoms with Gasteiger partial charge < -0.3 is 20.5 Å². The Kier molecular flexibility index (Phi) is 4.64. The number of carbonyl (C=O) groups is 3. The first-order valence-corrected chi connectivity index (χ1v) is 8.71. The maximum absolute atomic E-state index is 12.7. The molecule has 1 aliphatic rings. The summed E-state index contributed by atoms with van der Waals surface area (Å²) in [4.78, 5) is 39.9. The van der Waals surface area contributed by atoms with Gasteiger partial charge in [0.25, 0.3) is 11.8 Å². The van der Waals surface area contributed by atoms with E-state index >= 15 is 0 Å². The van der Waals surface area contributed by atoms with Crippen LogP contribution >= 0.6 is 11.3 Å². The highest BCUT2D eigenvalue weighted by atomic mass is 32.1. The van der Waals surface area contributed by atoms with E-state index in [9.17, 15) is 14.4 Å². The zero-order valence-corrected chi connectivity index (χ0v) is 15.1. The summed E-state index contributed by atoms with van der Waals surface area (Å²) in [5, 5.41) is 15.1. The Morgan fingerprint density at radius 2 is 2.15 bits per heavy atom. The maximum Gasteiger partial charge on any atom is 0.347 e. The quantitative estimate of drug-likeness (QED) is 0.755. The highest BCUT2D eigenvalue weighted by molar-refractivity contribution is 7.13. The van der Waals surface area contributed by atoms with Crippen LogP contribution < -0.4 is 15.4 Å². The van der Waals surface area contributed by atoms with Gasteiger partial charge in [-0.15, -0.1) is 11.3 Å². The Hall–Kier alpha value is -2.94. The van der Waals surface area contributed by atoms with Gasteiger partial charge in [-0.2, -0.15) is 0 Å². The molecule has 2 aromatic rings. The first-order valence-electron chi connectivity index (χ1n) is 7.90. The minimum absolute atomic E-state index is 0.151. The number of hydrogen-bond donors (Lipinski definition) is 3. The van der Waals surface area contributed by atoms with E-state index in [1.807, 2.05) is 0 Å². The molecule has 1 aromatic carbocycles. The number of aromatic nitrogens is 1. The normalized spacial score (nSPS) is 16.9. The van der Waals surface area contributed by atoms with Crippen LogP contribution in [-0.2, 0) is 4.79 Å². The Labute approximate surface area is 153 Å². The van der Waals surface area contributed by atoms with Crippen molar-refractivity contribution in [3.8, 4) is 5.75 Å². The molecule has 2 amide bonds. The summed E-state index contributed by atoms with van der Waals surface area (Å²) in [6.07, 6.45) is -0.700. The molecule has 2 unspecified atom stereocenters. The Balaban J connectivity index is 1.83. The SMILES string of the molecule is Cc1nc(C(C)NC(=O)c2cccc3c2OC(C)C(=O)N3)sc1C(=O)O. The fourth-order valence-corrected chi connectivity index (χ4v) is 3.45. The second-order valence-electron chi connectivity index (χ2n) is 5.90. The zero-order valence-electron chi connectivity index (χ0n) is 14.3. The molecule has 0 aliphatic carbocycles. The van der Waals surface area contributed by atoms with E-state index in [0.29, 0.717) is 22.1 Å². The predicted octanol–water partition coefficient (Wildman–Crippen LogP) is 2.36. The summed E-state index contributed by atoms with van der Waals surface area (Å²) in [5.41, 5.74) is 1.13. The van der Waals surface area contributed by atoms with E-state index in [0.717, 1.165) is 11.3 Å². The number of ether oxygens (including phenoxy) is 1. The van der Waals surface area contributed by atoms with Gasteiger partial charge >= 0.3 is 5.97 Å². The molecular weight excluding hydrogens is 358 g/mol. The summed E-state index contributed by atoms with van der Waals surface area (Å²) in [6.45, 7) is 4.94. The van der Waals surface area contributed by atoms with Crippen LogP contribution in [0.15, 0.2) is 18.2 Å². The maximum atomic E-state index is 12.7. The van der Waals surface area contributed by atoms with Crippen molar-refractivity contribution in [1.29, 1.82) is 0 Å². The molecular formula is C17H17N3O5S. The minimum atomic E-state index is -1.04. The molecule has 9 heteroatoms. The van der Waals surface area contributed by atoms with Gasteiger partial charge in [-0.05, 0) is 32.9 Å².